The molecule has 3 fully saturated rings. The van der Waals surface area contributed by atoms with Gasteiger partial charge in [0.15, 0.2) is 0 Å². The standard InChI is InChI=1S/C17H29NO/c1-12(19)18-17-11-14(2,3)13-7-10-15(17,4)8-6-9-16(13,17)5/h13H,6-11H2,1-5H3,(H,18,19). The maximum Gasteiger partial charge on any atom is 0.217 e. The number of rotatable bonds is 1. The van der Waals surface area contributed by atoms with Crippen molar-refractivity contribution in [3.05, 3.63) is 0 Å². The predicted molar refractivity (Wildman–Crippen MR) is 77.7 cm³/mol. The molecule has 3 aliphatic carbocycles. The number of amides is 1. The summed E-state index contributed by atoms with van der Waals surface area (Å²) in [6, 6.07) is 0. The number of hydrogen-bond acceptors (Lipinski definition) is 1. The summed E-state index contributed by atoms with van der Waals surface area (Å²) >= 11 is 0. The van der Waals surface area contributed by atoms with Crippen LogP contribution in [0.1, 0.15) is 73.1 Å². The molecule has 3 rings (SSSR count). The normalized spacial score (nSPS) is 50.9. The van der Waals surface area contributed by atoms with Crippen molar-refractivity contribution in [3.63, 3.8) is 0 Å². The molecule has 2 nitrogen and oxygen atoms in total. The summed E-state index contributed by atoms with van der Waals surface area (Å²) in [6.45, 7) is 11.5. The van der Waals surface area contributed by atoms with Crippen LogP contribution < -0.4 is 5.32 Å². The topological polar surface area (TPSA) is 29.1 Å². The van der Waals surface area contributed by atoms with Crippen LogP contribution in [-0.2, 0) is 4.79 Å². The van der Waals surface area contributed by atoms with Crippen molar-refractivity contribution in [2.75, 3.05) is 0 Å². The summed E-state index contributed by atoms with van der Waals surface area (Å²) in [7, 11) is 0. The smallest absolute Gasteiger partial charge is 0.217 e. The number of carbonyl (C=O) groups is 1. The van der Waals surface area contributed by atoms with E-state index in [1.807, 2.05) is 0 Å². The molecular formula is C17H29NO. The SMILES string of the molecule is CC(=O)NC12CC(C)(C)C3CCC1(C)CCCC32C. The summed E-state index contributed by atoms with van der Waals surface area (Å²) in [5.74, 6) is 0.929. The Morgan fingerprint density at radius 1 is 1.11 bits per heavy atom. The second-order valence-corrected chi connectivity index (χ2v) is 8.67. The van der Waals surface area contributed by atoms with Gasteiger partial charge in [-0.15, -0.1) is 0 Å². The van der Waals surface area contributed by atoms with Crippen LogP contribution in [0.2, 0.25) is 0 Å². The van der Waals surface area contributed by atoms with E-state index in [4.69, 9.17) is 0 Å². The minimum Gasteiger partial charge on any atom is -0.350 e. The van der Waals surface area contributed by atoms with Crippen molar-refractivity contribution < 1.29 is 4.79 Å². The van der Waals surface area contributed by atoms with Crippen molar-refractivity contribution in [3.8, 4) is 0 Å². The summed E-state index contributed by atoms with van der Waals surface area (Å²) in [5, 5.41) is 3.49. The quantitative estimate of drug-likeness (QED) is 0.764. The van der Waals surface area contributed by atoms with Gasteiger partial charge in [-0.3, -0.25) is 4.79 Å². The molecule has 0 aromatic carbocycles. The number of hydrogen-bond donors (Lipinski definition) is 1. The maximum atomic E-state index is 11.9. The molecule has 4 bridgehead atoms. The fourth-order valence-corrected chi connectivity index (χ4v) is 6.67. The van der Waals surface area contributed by atoms with Gasteiger partial charge >= 0.3 is 0 Å². The third kappa shape index (κ3) is 1.41. The van der Waals surface area contributed by atoms with E-state index in [9.17, 15) is 4.79 Å². The van der Waals surface area contributed by atoms with Crippen LogP contribution in [0.15, 0.2) is 0 Å². The van der Waals surface area contributed by atoms with Crippen molar-refractivity contribution in [2.45, 2.75) is 78.7 Å². The molecule has 0 aliphatic heterocycles. The Labute approximate surface area is 117 Å². The highest BCUT2D eigenvalue weighted by molar-refractivity contribution is 5.74. The second-order valence-electron chi connectivity index (χ2n) is 8.67. The summed E-state index contributed by atoms with van der Waals surface area (Å²) in [6.07, 6.45) is 7.71. The molecule has 1 amide bonds. The Morgan fingerprint density at radius 3 is 2.42 bits per heavy atom. The lowest BCUT2D eigenvalue weighted by Gasteiger charge is -2.63. The van der Waals surface area contributed by atoms with Gasteiger partial charge in [0.2, 0.25) is 5.91 Å². The van der Waals surface area contributed by atoms with Gasteiger partial charge in [0.05, 0.1) is 5.54 Å². The fourth-order valence-electron chi connectivity index (χ4n) is 6.67. The van der Waals surface area contributed by atoms with Gasteiger partial charge in [-0.2, -0.15) is 0 Å². The zero-order valence-corrected chi connectivity index (χ0v) is 13.2. The first-order valence-corrected chi connectivity index (χ1v) is 7.96. The lowest BCUT2D eigenvalue weighted by Crippen LogP contribution is -2.69. The van der Waals surface area contributed by atoms with Gasteiger partial charge < -0.3 is 5.32 Å². The van der Waals surface area contributed by atoms with E-state index < -0.39 is 0 Å². The lowest BCUT2D eigenvalue weighted by atomic mass is 9.45. The van der Waals surface area contributed by atoms with Crippen molar-refractivity contribution in [1.29, 1.82) is 0 Å². The Kier molecular flexibility index (Phi) is 2.52. The highest BCUT2D eigenvalue weighted by atomic mass is 16.1. The van der Waals surface area contributed by atoms with E-state index in [2.05, 4.69) is 33.0 Å². The third-order valence-corrected chi connectivity index (χ3v) is 7.24. The van der Waals surface area contributed by atoms with Crippen molar-refractivity contribution in [1.82, 2.24) is 5.32 Å². The Hall–Kier alpha value is -0.530. The third-order valence-electron chi connectivity index (χ3n) is 7.24. The first-order valence-electron chi connectivity index (χ1n) is 7.96. The van der Waals surface area contributed by atoms with Crippen molar-refractivity contribution >= 4 is 5.91 Å². The Balaban J connectivity index is 2.18. The van der Waals surface area contributed by atoms with Crippen LogP contribution in [0, 0.1) is 22.2 Å². The van der Waals surface area contributed by atoms with Gasteiger partial charge in [-0.1, -0.05) is 34.1 Å². The molecule has 4 atom stereocenters. The predicted octanol–water partition coefficient (Wildman–Crippen LogP) is 3.90. The average Bonchev–Trinajstić information content (AvgIpc) is 2.32. The zero-order valence-electron chi connectivity index (χ0n) is 13.2. The van der Waals surface area contributed by atoms with Crippen molar-refractivity contribution in [2.24, 2.45) is 22.2 Å². The number of nitrogens with one attached hydrogen (secondary N) is 1. The van der Waals surface area contributed by atoms with E-state index in [0.29, 0.717) is 16.2 Å². The molecular weight excluding hydrogens is 234 g/mol. The molecule has 108 valence electrons. The zero-order chi connectivity index (χ0) is 14.1. The molecule has 19 heavy (non-hydrogen) atoms. The van der Waals surface area contributed by atoms with E-state index in [1.165, 1.54) is 32.1 Å². The van der Waals surface area contributed by atoms with Gasteiger partial charge in [0, 0.05) is 6.92 Å². The van der Waals surface area contributed by atoms with Gasteiger partial charge in [0.25, 0.3) is 0 Å². The highest BCUT2D eigenvalue weighted by Gasteiger charge is 2.73. The Morgan fingerprint density at radius 2 is 1.79 bits per heavy atom. The van der Waals surface area contributed by atoms with Crippen LogP contribution in [0.25, 0.3) is 0 Å². The average molecular weight is 263 g/mol. The first kappa shape index (κ1) is 13.5. The number of carbonyl (C=O) groups excluding carboxylic acids is 1. The summed E-state index contributed by atoms with van der Waals surface area (Å²) in [5.41, 5.74) is 0.999. The molecule has 1 N–H and O–H groups in total. The fraction of sp³-hybridized carbons (Fsp3) is 0.941. The molecule has 2 heteroatoms. The van der Waals surface area contributed by atoms with Crippen LogP contribution in [-0.4, -0.2) is 11.4 Å². The summed E-state index contributed by atoms with van der Waals surface area (Å²) < 4.78 is 0. The molecule has 4 unspecified atom stereocenters. The van der Waals surface area contributed by atoms with Crippen LogP contribution >= 0.6 is 0 Å². The van der Waals surface area contributed by atoms with Crippen LogP contribution in [0.4, 0.5) is 0 Å². The monoisotopic (exact) mass is 263 g/mol. The molecule has 0 radical (unpaired) electrons. The first-order chi connectivity index (χ1) is 8.67. The van der Waals surface area contributed by atoms with E-state index in [0.717, 1.165) is 12.3 Å². The van der Waals surface area contributed by atoms with Gasteiger partial charge in [-0.05, 0) is 54.3 Å². The minimum absolute atomic E-state index is 0.0382. The molecule has 0 spiro atoms. The maximum absolute atomic E-state index is 11.9. The molecule has 3 saturated carbocycles. The second kappa shape index (κ2) is 3.56. The lowest BCUT2D eigenvalue weighted by molar-refractivity contribution is -0.138. The largest absolute Gasteiger partial charge is 0.350 e. The molecule has 0 aromatic heterocycles. The van der Waals surface area contributed by atoms with Gasteiger partial charge in [0.1, 0.15) is 0 Å². The van der Waals surface area contributed by atoms with Crippen LogP contribution in [0.5, 0.6) is 0 Å². The molecule has 3 aliphatic rings. The molecule has 0 heterocycles. The van der Waals surface area contributed by atoms with E-state index >= 15 is 0 Å². The van der Waals surface area contributed by atoms with Gasteiger partial charge in [-0.25, -0.2) is 0 Å². The molecule has 0 aromatic rings. The molecule has 0 saturated heterocycles. The summed E-state index contributed by atoms with van der Waals surface area (Å²) in [4.78, 5) is 11.9. The van der Waals surface area contributed by atoms with Crippen LogP contribution in [0.3, 0.4) is 0 Å². The van der Waals surface area contributed by atoms with E-state index in [1.54, 1.807) is 6.92 Å². The highest BCUT2D eigenvalue weighted by Crippen LogP contribution is 2.74. The van der Waals surface area contributed by atoms with E-state index in [-0.39, 0.29) is 11.4 Å². The minimum atomic E-state index is 0.0382. The Bertz CT molecular complexity index is 429.